The van der Waals surface area contributed by atoms with Gasteiger partial charge in [0.05, 0.1) is 17.2 Å². The van der Waals surface area contributed by atoms with Gasteiger partial charge in [-0.05, 0) is 52.9 Å². The van der Waals surface area contributed by atoms with Crippen LogP contribution in [-0.2, 0) is 0 Å². The van der Waals surface area contributed by atoms with Gasteiger partial charge in [0.2, 0.25) is 0 Å². The van der Waals surface area contributed by atoms with Crippen LogP contribution in [0.5, 0.6) is 0 Å². The summed E-state index contributed by atoms with van der Waals surface area (Å²) < 4.78 is 15.1. The monoisotopic (exact) mass is 423 g/mol. The molecule has 1 heterocycles. The maximum Gasteiger partial charge on any atom is 0.255 e. The Hall–Kier alpha value is -2.29. The zero-order chi connectivity index (χ0) is 16.4. The van der Waals surface area contributed by atoms with Gasteiger partial charge in [0, 0.05) is 20.4 Å². The highest BCUT2D eigenvalue weighted by molar-refractivity contribution is 14.1. The first-order chi connectivity index (χ1) is 11.0. The number of nitrogens with zero attached hydrogens (tertiary/aromatic N) is 2. The molecular formula is C16H11FIN3O2. The molecule has 0 aliphatic carbocycles. The molecule has 0 spiro atoms. The SMILES string of the molecule is O=[N+]([O-])C=C1CN=C(c2ccccc2F)c2cc(I)ccc2N1. The molecule has 3 rings (SSSR count). The molecular weight excluding hydrogens is 412 g/mol. The van der Waals surface area contributed by atoms with E-state index < -0.39 is 4.92 Å². The van der Waals surface area contributed by atoms with Gasteiger partial charge in [-0.15, -0.1) is 0 Å². The molecule has 0 amide bonds. The molecule has 2 aromatic carbocycles. The smallest absolute Gasteiger partial charge is 0.255 e. The Morgan fingerprint density at radius 3 is 2.78 bits per heavy atom. The maximum atomic E-state index is 14.2. The molecule has 1 N–H and O–H groups in total. The fourth-order valence-corrected chi connectivity index (χ4v) is 2.86. The molecule has 7 heteroatoms. The average Bonchev–Trinajstić information content (AvgIpc) is 2.66. The number of anilines is 1. The summed E-state index contributed by atoms with van der Waals surface area (Å²) in [5, 5.41) is 13.7. The number of halogens is 2. The van der Waals surface area contributed by atoms with Crippen LogP contribution in [0.4, 0.5) is 10.1 Å². The van der Waals surface area contributed by atoms with Crippen molar-refractivity contribution in [2.75, 3.05) is 11.9 Å². The summed E-state index contributed by atoms with van der Waals surface area (Å²) in [6.45, 7) is 0.0793. The molecule has 0 fully saturated rings. The summed E-state index contributed by atoms with van der Waals surface area (Å²) >= 11 is 2.16. The highest BCUT2D eigenvalue weighted by atomic mass is 127. The van der Waals surface area contributed by atoms with Crippen molar-refractivity contribution in [2.45, 2.75) is 0 Å². The van der Waals surface area contributed by atoms with Gasteiger partial charge < -0.3 is 5.32 Å². The largest absolute Gasteiger partial charge is 0.352 e. The van der Waals surface area contributed by atoms with E-state index in [0.29, 0.717) is 28.2 Å². The quantitative estimate of drug-likeness (QED) is 0.454. The number of benzene rings is 2. The number of hydrogen-bond donors (Lipinski definition) is 1. The molecule has 1 aliphatic heterocycles. The first-order valence-electron chi connectivity index (χ1n) is 6.75. The molecule has 0 saturated carbocycles. The van der Waals surface area contributed by atoms with Gasteiger partial charge in [-0.2, -0.15) is 0 Å². The lowest BCUT2D eigenvalue weighted by Crippen LogP contribution is -2.07. The van der Waals surface area contributed by atoms with Gasteiger partial charge in [0.1, 0.15) is 11.5 Å². The highest BCUT2D eigenvalue weighted by Crippen LogP contribution is 2.27. The predicted molar refractivity (Wildman–Crippen MR) is 94.8 cm³/mol. The fourth-order valence-electron chi connectivity index (χ4n) is 2.37. The molecule has 0 atom stereocenters. The van der Waals surface area contributed by atoms with E-state index in [4.69, 9.17) is 0 Å². The predicted octanol–water partition coefficient (Wildman–Crippen LogP) is 3.81. The van der Waals surface area contributed by atoms with Crippen molar-refractivity contribution < 1.29 is 9.31 Å². The Morgan fingerprint density at radius 2 is 2.04 bits per heavy atom. The highest BCUT2D eigenvalue weighted by Gasteiger charge is 2.20. The average molecular weight is 423 g/mol. The number of aliphatic imine (C=N–C) groups is 1. The van der Waals surface area contributed by atoms with Gasteiger partial charge in [-0.25, -0.2) is 4.39 Å². The second-order valence-electron chi connectivity index (χ2n) is 4.90. The Kier molecular flexibility index (Phi) is 4.37. The zero-order valence-electron chi connectivity index (χ0n) is 11.8. The molecule has 0 radical (unpaired) electrons. The summed E-state index contributed by atoms with van der Waals surface area (Å²) in [5.74, 6) is -0.377. The van der Waals surface area contributed by atoms with Crippen LogP contribution in [0.1, 0.15) is 11.1 Å². The lowest BCUT2D eigenvalue weighted by atomic mass is 10.0. The third-order valence-corrected chi connectivity index (χ3v) is 4.00. The molecule has 0 saturated heterocycles. The third kappa shape index (κ3) is 3.39. The van der Waals surface area contributed by atoms with Crippen LogP contribution in [0.15, 0.2) is 59.4 Å². The minimum absolute atomic E-state index is 0.0793. The van der Waals surface area contributed by atoms with Crippen molar-refractivity contribution >= 4 is 34.0 Å². The number of hydrogen-bond acceptors (Lipinski definition) is 4. The van der Waals surface area contributed by atoms with Gasteiger partial charge in [0.25, 0.3) is 6.20 Å². The van der Waals surface area contributed by atoms with Crippen molar-refractivity contribution in [1.29, 1.82) is 0 Å². The standard InChI is InChI=1S/C16H11FIN3O2/c17-14-4-2-1-3-12(14)16-13-7-10(18)5-6-15(13)20-11(8-19-16)9-21(22)23/h1-7,9,20H,8H2. The van der Waals surface area contributed by atoms with E-state index in [-0.39, 0.29) is 12.4 Å². The number of fused-ring (bicyclic) bond motifs is 1. The van der Waals surface area contributed by atoms with Crippen LogP contribution in [0, 0.1) is 19.5 Å². The van der Waals surface area contributed by atoms with Crippen molar-refractivity contribution in [1.82, 2.24) is 0 Å². The van der Waals surface area contributed by atoms with E-state index in [1.165, 1.54) is 6.07 Å². The van der Waals surface area contributed by atoms with E-state index in [1.807, 2.05) is 18.2 Å². The minimum Gasteiger partial charge on any atom is -0.352 e. The lowest BCUT2D eigenvalue weighted by Gasteiger charge is -2.11. The summed E-state index contributed by atoms with van der Waals surface area (Å²) in [4.78, 5) is 14.6. The number of nitro groups is 1. The first kappa shape index (κ1) is 15.6. The summed E-state index contributed by atoms with van der Waals surface area (Å²) in [7, 11) is 0. The molecule has 5 nitrogen and oxygen atoms in total. The summed E-state index contributed by atoms with van der Waals surface area (Å²) in [6, 6.07) is 11.9. The Balaban J connectivity index is 2.19. The van der Waals surface area contributed by atoms with Crippen molar-refractivity contribution in [3.8, 4) is 0 Å². The second-order valence-corrected chi connectivity index (χ2v) is 6.14. The second kappa shape index (κ2) is 6.45. The Labute approximate surface area is 145 Å². The maximum absolute atomic E-state index is 14.2. The third-order valence-electron chi connectivity index (χ3n) is 3.33. The van der Waals surface area contributed by atoms with Crippen LogP contribution < -0.4 is 5.32 Å². The fraction of sp³-hybridized carbons (Fsp3) is 0.0625. The van der Waals surface area contributed by atoms with E-state index in [0.717, 1.165) is 9.77 Å². The van der Waals surface area contributed by atoms with Crippen LogP contribution in [0.3, 0.4) is 0 Å². The van der Waals surface area contributed by atoms with Gasteiger partial charge in [0.15, 0.2) is 0 Å². The Bertz CT molecular complexity index is 849. The van der Waals surface area contributed by atoms with Crippen LogP contribution in [0.25, 0.3) is 0 Å². The topological polar surface area (TPSA) is 67.5 Å². The zero-order valence-corrected chi connectivity index (χ0v) is 14.0. The summed E-state index contributed by atoms with van der Waals surface area (Å²) in [6.07, 6.45) is 0.884. The molecule has 0 aromatic heterocycles. The van der Waals surface area contributed by atoms with E-state index >= 15 is 0 Å². The number of rotatable bonds is 2. The van der Waals surface area contributed by atoms with Crippen molar-refractivity contribution in [2.24, 2.45) is 4.99 Å². The van der Waals surface area contributed by atoms with Gasteiger partial charge in [-0.3, -0.25) is 15.1 Å². The van der Waals surface area contributed by atoms with Gasteiger partial charge in [-0.1, -0.05) is 12.1 Å². The van der Waals surface area contributed by atoms with Crippen molar-refractivity contribution in [3.63, 3.8) is 0 Å². The van der Waals surface area contributed by atoms with Gasteiger partial charge >= 0.3 is 0 Å². The number of nitrogens with one attached hydrogen (secondary N) is 1. The first-order valence-corrected chi connectivity index (χ1v) is 7.83. The molecule has 0 unspecified atom stereocenters. The summed E-state index contributed by atoms with van der Waals surface area (Å²) in [5.41, 5.74) is 2.59. The van der Waals surface area contributed by atoms with E-state index in [9.17, 15) is 14.5 Å². The molecule has 23 heavy (non-hydrogen) atoms. The van der Waals surface area contributed by atoms with Crippen molar-refractivity contribution in [3.05, 3.63) is 85.0 Å². The molecule has 2 aromatic rings. The molecule has 116 valence electrons. The normalized spacial score (nSPS) is 15.4. The molecule has 1 aliphatic rings. The van der Waals surface area contributed by atoms with E-state index in [1.54, 1.807) is 18.2 Å². The lowest BCUT2D eigenvalue weighted by molar-refractivity contribution is -0.403. The van der Waals surface area contributed by atoms with Crippen LogP contribution in [0.2, 0.25) is 0 Å². The van der Waals surface area contributed by atoms with Crippen LogP contribution in [-0.4, -0.2) is 17.2 Å². The minimum atomic E-state index is -0.529. The number of benzodiazepines with no additional fused rings is 1. The Morgan fingerprint density at radius 1 is 1.26 bits per heavy atom. The van der Waals surface area contributed by atoms with Crippen LogP contribution >= 0.6 is 22.6 Å². The van der Waals surface area contributed by atoms with E-state index in [2.05, 4.69) is 32.9 Å². The molecule has 0 bridgehead atoms.